The number of nitrogens with one attached hydrogen (secondary N) is 1. The van der Waals surface area contributed by atoms with E-state index >= 15 is 0 Å². The number of hydrogen-bond acceptors (Lipinski definition) is 4. The van der Waals surface area contributed by atoms with Gasteiger partial charge in [0.05, 0.1) is 15.6 Å². The standard InChI is InChI=1S/C15H21N3S/c1-16-11-13-15(12-7-5-4-6-8-12)19-14(17-13)9-10-18(2)3/h4-8,16H,9-11H2,1-3H3. The molecule has 0 saturated heterocycles. The Morgan fingerprint density at radius 1 is 1.21 bits per heavy atom. The largest absolute Gasteiger partial charge is 0.314 e. The van der Waals surface area contributed by atoms with Crippen molar-refractivity contribution in [2.75, 3.05) is 27.7 Å². The molecule has 1 heterocycles. The summed E-state index contributed by atoms with van der Waals surface area (Å²) in [6.07, 6.45) is 1.02. The van der Waals surface area contributed by atoms with Crippen LogP contribution in [0.5, 0.6) is 0 Å². The van der Waals surface area contributed by atoms with Crippen molar-refractivity contribution in [2.24, 2.45) is 0 Å². The van der Waals surface area contributed by atoms with Gasteiger partial charge in [-0.15, -0.1) is 11.3 Å². The van der Waals surface area contributed by atoms with Crippen LogP contribution in [0.1, 0.15) is 10.7 Å². The SMILES string of the molecule is CNCc1nc(CCN(C)C)sc1-c1ccccc1. The van der Waals surface area contributed by atoms with Crippen molar-refractivity contribution < 1.29 is 0 Å². The van der Waals surface area contributed by atoms with Crippen molar-refractivity contribution in [1.29, 1.82) is 0 Å². The lowest BCUT2D eigenvalue weighted by Crippen LogP contribution is -2.15. The van der Waals surface area contributed by atoms with Crippen molar-refractivity contribution in [3.05, 3.63) is 41.0 Å². The number of likely N-dealkylation sites (N-methyl/N-ethyl adjacent to an activating group) is 1. The topological polar surface area (TPSA) is 28.2 Å². The summed E-state index contributed by atoms with van der Waals surface area (Å²) in [4.78, 5) is 8.27. The van der Waals surface area contributed by atoms with Crippen LogP contribution in [0.4, 0.5) is 0 Å². The number of benzene rings is 1. The molecule has 4 heteroatoms. The summed E-state index contributed by atoms with van der Waals surface area (Å²) >= 11 is 1.82. The average Bonchev–Trinajstić information content (AvgIpc) is 2.81. The van der Waals surface area contributed by atoms with Crippen LogP contribution in [-0.2, 0) is 13.0 Å². The highest BCUT2D eigenvalue weighted by molar-refractivity contribution is 7.15. The van der Waals surface area contributed by atoms with Gasteiger partial charge in [-0.25, -0.2) is 4.98 Å². The van der Waals surface area contributed by atoms with Crippen LogP contribution in [0.15, 0.2) is 30.3 Å². The Labute approximate surface area is 119 Å². The lowest BCUT2D eigenvalue weighted by Gasteiger charge is -2.06. The summed E-state index contributed by atoms with van der Waals surface area (Å²) in [6.45, 7) is 1.86. The van der Waals surface area contributed by atoms with Gasteiger partial charge < -0.3 is 10.2 Å². The Morgan fingerprint density at radius 3 is 2.58 bits per heavy atom. The van der Waals surface area contributed by atoms with Gasteiger partial charge in [-0.05, 0) is 26.7 Å². The van der Waals surface area contributed by atoms with Crippen LogP contribution in [0.3, 0.4) is 0 Å². The fraction of sp³-hybridized carbons (Fsp3) is 0.400. The molecule has 102 valence electrons. The Hall–Kier alpha value is -1.23. The van der Waals surface area contributed by atoms with Crippen LogP contribution >= 0.6 is 11.3 Å². The highest BCUT2D eigenvalue weighted by Crippen LogP contribution is 2.30. The summed E-state index contributed by atoms with van der Waals surface area (Å²) in [5, 5.41) is 4.43. The highest BCUT2D eigenvalue weighted by Gasteiger charge is 2.12. The zero-order chi connectivity index (χ0) is 13.7. The Morgan fingerprint density at radius 2 is 1.95 bits per heavy atom. The van der Waals surface area contributed by atoms with Crippen molar-refractivity contribution in [3.63, 3.8) is 0 Å². The van der Waals surface area contributed by atoms with Crippen molar-refractivity contribution in [1.82, 2.24) is 15.2 Å². The molecule has 1 aromatic heterocycles. The van der Waals surface area contributed by atoms with E-state index in [-0.39, 0.29) is 0 Å². The molecule has 0 aliphatic carbocycles. The van der Waals surface area contributed by atoms with Gasteiger partial charge >= 0.3 is 0 Å². The van der Waals surface area contributed by atoms with E-state index in [4.69, 9.17) is 4.98 Å². The second-order valence-electron chi connectivity index (χ2n) is 4.83. The maximum Gasteiger partial charge on any atom is 0.0948 e. The first-order chi connectivity index (χ1) is 9.20. The van der Waals surface area contributed by atoms with Crippen LogP contribution < -0.4 is 5.32 Å². The molecule has 0 aliphatic heterocycles. The number of rotatable bonds is 6. The number of nitrogens with zero attached hydrogens (tertiary/aromatic N) is 2. The summed E-state index contributed by atoms with van der Waals surface area (Å²) in [7, 11) is 6.16. The molecule has 0 spiro atoms. The molecular formula is C15H21N3S. The van der Waals surface area contributed by atoms with E-state index in [1.165, 1.54) is 15.4 Å². The molecule has 0 bridgehead atoms. The first-order valence-corrected chi connectivity index (χ1v) is 7.35. The molecule has 0 aliphatic rings. The Kier molecular flexibility index (Phi) is 5.07. The zero-order valence-corrected chi connectivity index (χ0v) is 12.6. The van der Waals surface area contributed by atoms with Gasteiger partial charge in [0.25, 0.3) is 0 Å². The van der Waals surface area contributed by atoms with E-state index < -0.39 is 0 Å². The molecular weight excluding hydrogens is 254 g/mol. The van der Waals surface area contributed by atoms with E-state index in [1.54, 1.807) is 0 Å². The van der Waals surface area contributed by atoms with E-state index in [9.17, 15) is 0 Å². The van der Waals surface area contributed by atoms with Crippen LogP contribution in [0, 0.1) is 0 Å². The molecule has 0 atom stereocenters. The molecule has 0 fully saturated rings. The van der Waals surface area contributed by atoms with Crippen molar-refractivity contribution >= 4 is 11.3 Å². The van der Waals surface area contributed by atoms with E-state index in [1.807, 2.05) is 18.4 Å². The van der Waals surface area contributed by atoms with Gasteiger partial charge in [-0.2, -0.15) is 0 Å². The van der Waals surface area contributed by atoms with E-state index in [0.29, 0.717) is 0 Å². The molecule has 2 rings (SSSR count). The summed E-state index contributed by atoms with van der Waals surface area (Å²) in [5.41, 5.74) is 2.42. The molecule has 19 heavy (non-hydrogen) atoms. The second-order valence-corrected chi connectivity index (χ2v) is 5.92. The molecule has 3 nitrogen and oxygen atoms in total. The Bertz CT molecular complexity index is 505. The molecule has 1 N–H and O–H groups in total. The van der Waals surface area contributed by atoms with Gasteiger partial charge in [-0.3, -0.25) is 0 Å². The third-order valence-electron chi connectivity index (χ3n) is 2.89. The first kappa shape index (κ1) is 14.2. The summed E-state index contributed by atoms with van der Waals surface area (Å²) in [5.74, 6) is 0. The minimum Gasteiger partial charge on any atom is -0.314 e. The van der Waals surface area contributed by atoms with Gasteiger partial charge in [0.15, 0.2) is 0 Å². The second kappa shape index (κ2) is 6.80. The lowest BCUT2D eigenvalue weighted by molar-refractivity contribution is 0.413. The van der Waals surface area contributed by atoms with Crippen LogP contribution in [0.2, 0.25) is 0 Å². The predicted molar refractivity (Wildman–Crippen MR) is 82.6 cm³/mol. The maximum absolute atomic E-state index is 4.78. The number of thiazole rings is 1. The third-order valence-corrected chi connectivity index (χ3v) is 4.10. The average molecular weight is 275 g/mol. The summed E-state index contributed by atoms with van der Waals surface area (Å²) < 4.78 is 0. The fourth-order valence-electron chi connectivity index (χ4n) is 1.93. The van der Waals surface area contributed by atoms with Crippen molar-refractivity contribution in [3.8, 4) is 10.4 Å². The van der Waals surface area contributed by atoms with Gasteiger partial charge in [0, 0.05) is 19.5 Å². The minimum atomic E-state index is 0.822. The minimum absolute atomic E-state index is 0.822. The van der Waals surface area contributed by atoms with E-state index in [0.717, 1.165) is 25.2 Å². The van der Waals surface area contributed by atoms with Gasteiger partial charge in [0.2, 0.25) is 0 Å². The molecule has 2 aromatic rings. The summed E-state index contributed by atoms with van der Waals surface area (Å²) in [6, 6.07) is 10.5. The monoisotopic (exact) mass is 275 g/mol. The van der Waals surface area contributed by atoms with Crippen molar-refractivity contribution in [2.45, 2.75) is 13.0 Å². The highest BCUT2D eigenvalue weighted by atomic mass is 32.1. The van der Waals surface area contributed by atoms with Crippen LogP contribution in [-0.4, -0.2) is 37.6 Å². The third kappa shape index (κ3) is 3.86. The van der Waals surface area contributed by atoms with Crippen LogP contribution in [0.25, 0.3) is 10.4 Å². The van der Waals surface area contributed by atoms with Gasteiger partial charge in [0.1, 0.15) is 0 Å². The molecule has 1 aromatic carbocycles. The zero-order valence-electron chi connectivity index (χ0n) is 11.8. The van der Waals surface area contributed by atoms with E-state index in [2.05, 4.69) is 54.6 Å². The quantitative estimate of drug-likeness (QED) is 0.878. The maximum atomic E-state index is 4.78. The first-order valence-electron chi connectivity index (χ1n) is 6.54. The smallest absolute Gasteiger partial charge is 0.0948 e. The molecule has 0 amide bonds. The fourth-order valence-corrected chi connectivity index (χ4v) is 3.00. The number of aromatic nitrogens is 1. The normalized spacial score (nSPS) is 11.2. The number of hydrogen-bond donors (Lipinski definition) is 1. The molecule has 0 saturated carbocycles. The lowest BCUT2D eigenvalue weighted by atomic mass is 10.1. The Balaban J connectivity index is 2.25. The predicted octanol–water partition coefficient (Wildman–Crippen LogP) is 2.63. The molecule has 0 unspecified atom stereocenters. The molecule has 0 radical (unpaired) electrons. The van der Waals surface area contributed by atoms with Gasteiger partial charge in [-0.1, -0.05) is 30.3 Å².